The van der Waals surface area contributed by atoms with Gasteiger partial charge in [0.15, 0.2) is 0 Å². The largest absolute Gasteiger partial charge is 0.497 e. The van der Waals surface area contributed by atoms with E-state index in [1.54, 1.807) is 14.2 Å². The fourth-order valence-corrected chi connectivity index (χ4v) is 1.55. The summed E-state index contributed by atoms with van der Waals surface area (Å²) >= 11 is 0. The lowest BCUT2D eigenvalue weighted by Crippen LogP contribution is -2.19. The van der Waals surface area contributed by atoms with Gasteiger partial charge in [0.1, 0.15) is 11.5 Å². The van der Waals surface area contributed by atoms with Crippen LogP contribution in [0.1, 0.15) is 18.5 Å². The lowest BCUT2D eigenvalue weighted by atomic mass is 10.1. The van der Waals surface area contributed by atoms with E-state index in [4.69, 9.17) is 9.47 Å². The Morgan fingerprint density at radius 1 is 1.38 bits per heavy atom. The zero-order valence-corrected chi connectivity index (χ0v) is 10.1. The van der Waals surface area contributed by atoms with E-state index in [-0.39, 0.29) is 6.04 Å². The SMILES string of the molecule is C=CCNC(C)c1cc(OC)ccc1OC. The Morgan fingerprint density at radius 2 is 2.12 bits per heavy atom. The molecule has 0 radical (unpaired) electrons. The summed E-state index contributed by atoms with van der Waals surface area (Å²) in [6.45, 7) is 6.53. The Kier molecular flexibility index (Phi) is 4.86. The molecule has 1 aromatic rings. The van der Waals surface area contributed by atoms with Gasteiger partial charge in [-0.3, -0.25) is 0 Å². The van der Waals surface area contributed by atoms with Crippen molar-refractivity contribution in [3.8, 4) is 11.5 Å². The smallest absolute Gasteiger partial charge is 0.123 e. The van der Waals surface area contributed by atoms with Gasteiger partial charge in [-0.15, -0.1) is 6.58 Å². The molecule has 3 nitrogen and oxygen atoms in total. The highest BCUT2D eigenvalue weighted by Crippen LogP contribution is 2.28. The average Bonchev–Trinajstić information content (AvgIpc) is 2.35. The van der Waals surface area contributed by atoms with Crippen LogP contribution in [0.25, 0.3) is 0 Å². The molecule has 0 aromatic heterocycles. The number of methoxy groups -OCH3 is 2. The molecule has 0 bridgehead atoms. The lowest BCUT2D eigenvalue weighted by Gasteiger charge is -2.17. The molecule has 0 aliphatic rings. The molecule has 1 rings (SSSR count). The Morgan fingerprint density at radius 3 is 2.69 bits per heavy atom. The predicted octanol–water partition coefficient (Wildman–Crippen LogP) is 2.54. The van der Waals surface area contributed by atoms with Gasteiger partial charge in [-0.1, -0.05) is 6.08 Å². The molecule has 3 heteroatoms. The van der Waals surface area contributed by atoms with E-state index in [0.717, 1.165) is 23.6 Å². The topological polar surface area (TPSA) is 30.5 Å². The molecule has 88 valence electrons. The highest BCUT2D eigenvalue weighted by Gasteiger charge is 2.11. The van der Waals surface area contributed by atoms with Crippen molar-refractivity contribution in [2.24, 2.45) is 0 Å². The maximum absolute atomic E-state index is 5.32. The monoisotopic (exact) mass is 221 g/mol. The van der Waals surface area contributed by atoms with Gasteiger partial charge in [-0.05, 0) is 25.1 Å². The average molecular weight is 221 g/mol. The van der Waals surface area contributed by atoms with E-state index in [1.807, 2.05) is 24.3 Å². The molecule has 0 saturated carbocycles. The predicted molar refractivity (Wildman–Crippen MR) is 66.2 cm³/mol. The first-order valence-electron chi connectivity index (χ1n) is 5.29. The lowest BCUT2D eigenvalue weighted by molar-refractivity contribution is 0.393. The Labute approximate surface area is 97.1 Å². The molecule has 0 aliphatic carbocycles. The zero-order valence-electron chi connectivity index (χ0n) is 10.1. The van der Waals surface area contributed by atoms with Gasteiger partial charge in [0, 0.05) is 18.2 Å². The molecule has 0 amide bonds. The van der Waals surface area contributed by atoms with Crippen molar-refractivity contribution in [2.45, 2.75) is 13.0 Å². The molecule has 16 heavy (non-hydrogen) atoms. The van der Waals surface area contributed by atoms with Crippen LogP contribution in [0.5, 0.6) is 11.5 Å². The first-order chi connectivity index (χ1) is 7.72. The van der Waals surface area contributed by atoms with Gasteiger partial charge in [0.05, 0.1) is 14.2 Å². The molecule has 1 unspecified atom stereocenters. The van der Waals surface area contributed by atoms with Crippen molar-refractivity contribution in [3.05, 3.63) is 36.4 Å². The van der Waals surface area contributed by atoms with E-state index in [9.17, 15) is 0 Å². The number of hydrogen-bond donors (Lipinski definition) is 1. The van der Waals surface area contributed by atoms with Crippen LogP contribution in [0.3, 0.4) is 0 Å². The van der Waals surface area contributed by atoms with Gasteiger partial charge < -0.3 is 14.8 Å². The second-order valence-corrected chi connectivity index (χ2v) is 3.53. The minimum Gasteiger partial charge on any atom is -0.497 e. The zero-order chi connectivity index (χ0) is 12.0. The van der Waals surface area contributed by atoms with Crippen LogP contribution in [0.4, 0.5) is 0 Å². The third kappa shape index (κ3) is 3.00. The van der Waals surface area contributed by atoms with Crippen molar-refractivity contribution < 1.29 is 9.47 Å². The third-order valence-corrected chi connectivity index (χ3v) is 2.47. The number of benzene rings is 1. The first kappa shape index (κ1) is 12.6. The summed E-state index contributed by atoms with van der Waals surface area (Å²) in [6, 6.07) is 5.99. The van der Waals surface area contributed by atoms with E-state index in [0.29, 0.717) is 0 Å². The van der Waals surface area contributed by atoms with Gasteiger partial charge in [0.2, 0.25) is 0 Å². The highest BCUT2D eigenvalue weighted by atomic mass is 16.5. The maximum Gasteiger partial charge on any atom is 0.123 e. The standard InChI is InChI=1S/C13H19NO2/c1-5-8-14-10(2)12-9-11(15-3)6-7-13(12)16-4/h5-7,9-10,14H,1,8H2,2-4H3. The van der Waals surface area contributed by atoms with Crippen LogP contribution in [0.15, 0.2) is 30.9 Å². The molecule has 1 aromatic carbocycles. The summed E-state index contributed by atoms with van der Waals surface area (Å²) in [6.07, 6.45) is 1.84. The molecule has 0 fully saturated rings. The van der Waals surface area contributed by atoms with E-state index < -0.39 is 0 Å². The summed E-state index contributed by atoms with van der Waals surface area (Å²) in [5.41, 5.74) is 1.09. The Hall–Kier alpha value is -1.48. The second kappa shape index (κ2) is 6.18. The summed E-state index contributed by atoms with van der Waals surface area (Å²) in [5.74, 6) is 1.70. The van der Waals surface area contributed by atoms with E-state index >= 15 is 0 Å². The molecule has 1 atom stereocenters. The van der Waals surface area contributed by atoms with Crippen LogP contribution in [-0.2, 0) is 0 Å². The third-order valence-electron chi connectivity index (χ3n) is 2.47. The molecular weight excluding hydrogens is 202 g/mol. The Balaban J connectivity index is 2.93. The molecule has 0 saturated heterocycles. The minimum atomic E-state index is 0.197. The molecular formula is C13H19NO2. The van der Waals surface area contributed by atoms with Crippen LogP contribution in [0.2, 0.25) is 0 Å². The highest BCUT2D eigenvalue weighted by molar-refractivity contribution is 5.42. The van der Waals surface area contributed by atoms with Crippen molar-refractivity contribution in [2.75, 3.05) is 20.8 Å². The number of rotatable bonds is 6. The molecule has 1 N–H and O–H groups in total. The van der Waals surface area contributed by atoms with Crippen LogP contribution >= 0.6 is 0 Å². The maximum atomic E-state index is 5.32. The van der Waals surface area contributed by atoms with Crippen LogP contribution in [-0.4, -0.2) is 20.8 Å². The first-order valence-corrected chi connectivity index (χ1v) is 5.29. The Bertz CT molecular complexity index is 350. The quantitative estimate of drug-likeness (QED) is 0.749. The normalized spacial score (nSPS) is 11.9. The van der Waals surface area contributed by atoms with Gasteiger partial charge >= 0.3 is 0 Å². The molecule has 0 aliphatic heterocycles. The molecule has 0 heterocycles. The second-order valence-electron chi connectivity index (χ2n) is 3.53. The van der Waals surface area contributed by atoms with Gasteiger partial charge in [-0.25, -0.2) is 0 Å². The molecule has 0 spiro atoms. The van der Waals surface area contributed by atoms with Crippen LogP contribution < -0.4 is 14.8 Å². The van der Waals surface area contributed by atoms with Crippen molar-refractivity contribution >= 4 is 0 Å². The summed E-state index contributed by atoms with van der Waals surface area (Å²) < 4.78 is 10.5. The van der Waals surface area contributed by atoms with E-state index in [2.05, 4.69) is 18.8 Å². The summed E-state index contributed by atoms with van der Waals surface area (Å²) in [7, 11) is 3.33. The van der Waals surface area contributed by atoms with Crippen LogP contribution in [0, 0.1) is 0 Å². The van der Waals surface area contributed by atoms with Gasteiger partial charge in [-0.2, -0.15) is 0 Å². The fraction of sp³-hybridized carbons (Fsp3) is 0.385. The minimum absolute atomic E-state index is 0.197. The van der Waals surface area contributed by atoms with Crippen molar-refractivity contribution in [1.29, 1.82) is 0 Å². The number of ether oxygens (including phenoxy) is 2. The van der Waals surface area contributed by atoms with Gasteiger partial charge in [0.25, 0.3) is 0 Å². The fourth-order valence-electron chi connectivity index (χ4n) is 1.55. The van der Waals surface area contributed by atoms with Crippen molar-refractivity contribution in [3.63, 3.8) is 0 Å². The number of nitrogens with one attached hydrogen (secondary N) is 1. The van der Waals surface area contributed by atoms with E-state index in [1.165, 1.54) is 0 Å². The summed E-state index contributed by atoms with van der Waals surface area (Å²) in [5, 5.41) is 3.32. The number of hydrogen-bond acceptors (Lipinski definition) is 3. The van der Waals surface area contributed by atoms with Crippen molar-refractivity contribution in [1.82, 2.24) is 5.32 Å². The summed E-state index contributed by atoms with van der Waals surface area (Å²) in [4.78, 5) is 0.